The third-order valence-electron chi connectivity index (χ3n) is 4.74. The number of pyridine rings is 2. The average molecular weight is 344 g/mol. The molecule has 0 unspecified atom stereocenters. The van der Waals surface area contributed by atoms with Crippen molar-refractivity contribution in [2.75, 3.05) is 7.11 Å². The number of halogens is 1. The fourth-order valence-corrected chi connectivity index (χ4v) is 3.39. The van der Waals surface area contributed by atoms with Crippen molar-refractivity contribution in [1.82, 2.24) is 9.97 Å². The first-order chi connectivity index (χ1) is 12.0. The van der Waals surface area contributed by atoms with Gasteiger partial charge in [0.05, 0.1) is 12.8 Å². The highest BCUT2D eigenvalue weighted by Gasteiger charge is 2.26. The van der Waals surface area contributed by atoms with Crippen LogP contribution >= 0.6 is 0 Å². The third-order valence-corrected chi connectivity index (χ3v) is 4.74. The lowest BCUT2D eigenvalue weighted by Crippen LogP contribution is -2.11. The number of hydrogen-bond acceptors (Lipinski definition) is 5. The second-order valence-electron chi connectivity index (χ2n) is 6.31. The zero-order valence-corrected chi connectivity index (χ0v) is 14.6. The highest BCUT2D eigenvalue weighted by atomic mass is 19.1. The van der Waals surface area contributed by atoms with E-state index in [0.29, 0.717) is 22.9 Å². The fraction of sp³-hybridized carbons (Fsp3) is 0.421. The van der Waals surface area contributed by atoms with Gasteiger partial charge < -0.3 is 9.47 Å². The lowest BCUT2D eigenvalue weighted by molar-refractivity contribution is 0.0596. The van der Waals surface area contributed by atoms with E-state index in [9.17, 15) is 9.18 Å². The highest BCUT2D eigenvalue weighted by Crippen LogP contribution is 2.38. The average Bonchev–Trinajstić information content (AvgIpc) is 3.11. The fourth-order valence-electron chi connectivity index (χ4n) is 3.39. The molecule has 5 nitrogen and oxygen atoms in total. The van der Waals surface area contributed by atoms with Crippen molar-refractivity contribution in [2.24, 2.45) is 0 Å². The number of rotatable bonds is 4. The molecule has 1 fully saturated rings. The molecule has 0 bridgehead atoms. The molecule has 3 rings (SSSR count). The Hall–Kier alpha value is -2.50. The summed E-state index contributed by atoms with van der Waals surface area (Å²) in [4.78, 5) is 20.4. The maximum atomic E-state index is 13.2. The van der Waals surface area contributed by atoms with Crippen LogP contribution in [0.3, 0.4) is 0 Å². The molecule has 1 aliphatic rings. The molecule has 0 amide bonds. The van der Waals surface area contributed by atoms with Crippen molar-refractivity contribution in [3.63, 3.8) is 0 Å². The number of carbonyl (C=O) groups excluding carboxylic acids is 1. The van der Waals surface area contributed by atoms with Gasteiger partial charge >= 0.3 is 5.97 Å². The molecule has 0 aromatic carbocycles. The van der Waals surface area contributed by atoms with E-state index in [1.807, 2.05) is 6.92 Å². The Balaban J connectivity index is 2.03. The van der Waals surface area contributed by atoms with E-state index in [-0.39, 0.29) is 5.88 Å². The molecule has 2 aromatic rings. The summed E-state index contributed by atoms with van der Waals surface area (Å²) in [6.07, 6.45) is 6.36. The van der Waals surface area contributed by atoms with Gasteiger partial charge in [-0.3, -0.25) is 0 Å². The summed E-state index contributed by atoms with van der Waals surface area (Å²) in [6, 6.07) is 2.68. The summed E-state index contributed by atoms with van der Waals surface area (Å²) in [5.74, 6) is -0.153. The molecule has 1 saturated carbocycles. The molecular weight excluding hydrogens is 323 g/mol. The van der Waals surface area contributed by atoms with E-state index in [0.717, 1.165) is 24.0 Å². The Morgan fingerprint density at radius 1 is 1.24 bits per heavy atom. The van der Waals surface area contributed by atoms with Gasteiger partial charge in [-0.15, -0.1) is 0 Å². The predicted octanol–water partition coefficient (Wildman–Crippen LogP) is 4.47. The molecule has 0 saturated heterocycles. The minimum atomic E-state index is -0.584. The van der Waals surface area contributed by atoms with Crippen molar-refractivity contribution in [2.45, 2.75) is 45.4 Å². The van der Waals surface area contributed by atoms with Gasteiger partial charge in [-0.2, -0.15) is 4.39 Å². The van der Waals surface area contributed by atoms with E-state index in [2.05, 4.69) is 9.97 Å². The van der Waals surface area contributed by atoms with Crippen molar-refractivity contribution in [1.29, 1.82) is 0 Å². The number of hydrogen-bond donors (Lipinski definition) is 0. The van der Waals surface area contributed by atoms with E-state index in [4.69, 9.17) is 9.47 Å². The van der Waals surface area contributed by atoms with Crippen LogP contribution in [-0.2, 0) is 4.74 Å². The second-order valence-corrected chi connectivity index (χ2v) is 6.31. The summed E-state index contributed by atoms with van der Waals surface area (Å²) < 4.78 is 23.9. The Labute approximate surface area is 146 Å². The van der Waals surface area contributed by atoms with Gasteiger partial charge in [0.2, 0.25) is 11.8 Å². The first-order valence-corrected chi connectivity index (χ1v) is 8.40. The van der Waals surface area contributed by atoms with Crippen LogP contribution in [0.5, 0.6) is 11.6 Å². The molecule has 6 heteroatoms. The van der Waals surface area contributed by atoms with Gasteiger partial charge in [0.15, 0.2) is 5.75 Å². The molecule has 0 spiro atoms. The molecule has 132 valence electrons. The molecular formula is C19H21FN2O3. The normalized spacial score (nSPS) is 14.6. The smallest absolute Gasteiger partial charge is 0.343 e. The maximum absolute atomic E-state index is 13.2. The minimum Gasteiger partial charge on any atom is -0.465 e. The van der Waals surface area contributed by atoms with Gasteiger partial charge in [-0.25, -0.2) is 14.8 Å². The number of aromatic nitrogens is 2. The molecule has 1 aliphatic carbocycles. The number of ether oxygens (including phenoxy) is 2. The molecule has 0 atom stereocenters. The SMILES string of the molecule is COC(=O)c1c(Oc2ccc(F)nc2C)ncc(C2CCCC2)c1C. The monoisotopic (exact) mass is 344 g/mol. The van der Waals surface area contributed by atoms with Crippen molar-refractivity contribution in [3.05, 3.63) is 46.7 Å². The molecule has 0 N–H and O–H groups in total. The van der Waals surface area contributed by atoms with Crippen LogP contribution in [0.4, 0.5) is 4.39 Å². The summed E-state index contributed by atoms with van der Waals surface area (Å²) in [7, 11) is 1.33. The van der Waals surface area contributed by atoms with Crippen LogP contribution in [0.15, 0.2) is 18.3 Å². The summed E-state index contributed by atoms with van der Waals surface area (Å²) in [6.45, 7) is 3.53. The van der Waals surface area contributed by atoms with E-state index in [1.54, 1.807) is 13.1 Å². The summed E-state index contributed by atoms with van der Waals surface area (Å²) in [5, 5.41) is 0. The summed E-state index contributed by atoms with van der Waals surface area (Å²) in [5.41, 5.74) is 2.60. The first-order valence-electron chi connectivity index (χ1n) is 8.40. The van der Waals surface area contributed by atoms with Crippen LogP contribution in [0.1, 0.15) is 58.8 Å². The van der Waals surface area contributed by atoms with Gasteiger partial charge in [0, 0.05) is 6.20 Å². The standard InChI is InChI=1S/C19H21FN2O3/c1-11-14(13-6-4-5-7-13)10-21-18(17(11)19(23)24-3)25-15-8-9-16(20)22-12(15)2/h8-10,13H,4-7H2,1-3H3. The minimum absolute atomic E-state index is 0.155. The molecule has 25 heavy (non-hydrogen) atoms. The highest BCUT2D eigenvalue weighted by molar-refractivity contribution is 5.94. The predicted molar refractivity (Wildman–Crippen MR) is 90.5 cm³/mol. The van der Waals surface area contributed by atoms with Crippen LogP contribution in [0.25, 0.3) is 0 Å². The third kappa shape index (κ3) is 3.48. The Bertz CT molecular complexity index is 801. The quantitative estimate of drug-likeness (QED) is 0.605. The summed E-state index contributed by atoms with van der Waals surface area (Å²) >= 11 is 0. The number of methoxy groups -OCH3 is 1. The van der Waals surface area contributed by atoms with Crippen molar-refractivity contribution >= 4 is 5.97 Å². The molecule has 0 aliphatic heterocycles. The number of esters is 1. The topological polar surface area (TPSA) is 61.3 Å². The molecule has 2 heterocycles. The lowest BCUT2D eigenvalue weighted by atomic mass is 9.93. The maximum Gasteiger partial charge on any atom is 0.343 e. The van der Waals surface area contributed by atoms with E-state index >= 15 is 0 Å². The van der Waals surface area contributed by atoms with Gasteiger partial charge in [0.25, 0.3) is 0 Å². The van der Waals surface area contributed by atoms with Gasteiger partial charge in [-0.1, -0.05) is 12.8 Å². The second kappa shape index (κ2) is 7.17. The van der Waals surface area contributed by atoms with Gasteiger partial charge in [-0.05, 0) is 55.9 Å². The number of carbonyl (C=O) groups is 1. The Morgan fingerprint density at radius 3 is 2.60 bits per heavy atom. The first kappa shape index (κ1) is 17.3. The van der Waals surface area contributed by atoms with Gasteiger partial charge in [0.1, 0.15) is 5.56 Å². The number of aryl methyl sites for hydroxylation is 1. The zero-order valence-electron chi connectivity index (χ0n) is 14.6. The van der Waals surface area contributed by atoms with Crippen LogP contribution in [-0.4, -0.2) is 23.0 Å². The lowest BCUT2D eigenvalue weighted by Gasteiger charge is -2.18. The van der Waals surface area contributed by atoms with Crippen molar-refractivity contribution < 1.29 is 18.7 Å². The molecule has 0 radical (unpaired) electrons. The van der Waals surface area contributed by atoms with Crippen LogP contribution in [0, 0.1) is 19.8 Å². The van der Waals surface area contributed by atoms with Crippen LogP contribution < -0.4 is 4.74 Å². The van der Waals surface area contributed by atoms with Crippen LogP contribution in [0.2, 0.25) is 0 Å². The van der Waals surface area contributed by atoms with E-state index < -0.39 is 11.9 Å². The van der Waals surface area contributed by atoms with Crippen molar-refractivity contribution in [3.8, 4) is 11.6 Å². The largest absolute Gasteiger partial charge is 0.465 e. The number of nitrogens with zero attached hydrogens (tertiary/aromatic N) is 2. The Kier molecular flexibility index (Phi) is 4.97. The van der Waals surface area contributed by atoms with E-state index in [1.165, 1.54) is 32.1 Å². The Morgan fingerprint density at radius 2 is 1.96 bits per heavy atom. The molecule has 2 aromatic heterocycles. The zero-order chi connectivity index (χ0) is 18.0.